The summed E-state index contributed by atoms with van der Waals surface area (Å²) in [6.45, 7) is 2.62. The molecule has 5 heteroatoms. The van der Waals surface area contributed by atoms with Gasteiger partial charge in [0.05, 0.1) is 13.7 Å². The molecule has 1 aromatic rings. The lowest BCUT2D eigenvalue weighted by Crippen LogP contribution is -2.15. The second-order valence-corrected chi connectivity index (χ2v) is 4.09. The van der Waals surface area contributed by atoms with E-state index in [0.29, 0.717) is 23.7 Å². The third-order valence-corrected chi connectivity index (χ3v) is 2.59. The summed E-state index contributed by atoms with van der Waals surface area (Å²) in [6.07, 6.45) is 1.78. The number of hydrogen-bond acceptors (Lipinski definition) is 4. The van der Waals surface area contributed by atoms with Crippen LogP contribution in [0.1, 0.15) is 25.3 Å². The molecule has 0 saturated heterocycles. The Balaban J connectivity index is 2.82. The molecule has 0 aliphatic rings. The first-order valence-corrected chi connectivity index (χ1v) is 6.14. The number of unbranched alkanes of at least 4 members (excludes halogenated alkanes) is 1. The molecule has 0 spiro atoms. The molecular formula is C14H18O5. The van der Waals surface area contributed by atoms with Crippen LogP contribution in [0.3, 0.4) is 0 Å². The average Bonchev–Trinajstić information content (AvgIpc) is 2.39. The summed E-state index contributed by atoms with van der Waals surface area (Å²) in [5.41, 5.74) is 0.597. The zero-order valence-corrected chi connectivity index (χ0v) is 11.1. The quantitative estimate of drug-likeness (QED) is 0.576. The molecule has 104 valence electrons. The van der Waals surface area contributed by atoms with Gasteiger partial charge in [0.25, 0.3) is 0 Å². The van der Waals surface area contributed by atoms with E-state index < -0.39 is 11.8 Å². The minimum Gasteiger partial charge on any atom is -0.493 e. The van der Waals surface area contributed by atoms with Crippen molar-refractivity contribution in [3.8, 4) is 11.5 Å². The van der Waals surface area contributed by atoms with Gasteiger partial charge >= 0.3 is 5.97 Å². The molecule has 0 heterocycles. The Hall–Kier alpha value is -2.04. The summed E-state index contributed by atoms with van der Waals surface area (Å²) in [5, 5.41) is 8.58. The van der Waals surface area contributed by atoms with Gasteiger partial charge < -0.3 is 14.6 Å². The molecule has 0 unspecified atom stereocenters. The highest BCUT2D eigenvalue weighted by Gasteiger charge is 2.14. The Kier molecular flexibility index (Phi) is 5.85. The first kappa shape index (κ1) is 15.0. The van der Waals surface area contributed by atoms with Crippen LogP contribution in [0, 0.1) is 0 Å². The van der Waals surface area contributed by atoms with Gasteiger partial charge in [-0.3, -0.25) is 4.79 Å². The number of carbonyl (C=O) groups is 2. The van der Waals surface area contributed by atoms with Crippen molar-refractivity contribution in [2.45, 2.75) is 26.2 Å². The molecule has 0 bridgehead atoms. The number of carbonyl (C=O) groups excluding carboxylic acids is 1. The van der Waals surface area contributed by atoms with Crippen LogP contribution in [0.2, 0.25) is 0 Å². The van der Waals surface area contributed by atoms with Crippen LogP contribution in [-0.4, -0.2) is 30.6 Å². The van der Waals surface area contributed by atoms with Gasteiger partial charge in [0, 0.05) is 6.42 Å². The molecule has 1 aromatic carbocycles. The molecule has 0 aliphatic heterocycles. The summed E-state index contributed by atoms with van der Waals surface area (Å²) in [5.74, 6) is -1.16. The van der Waals surface area contributed by atoms with Gasteiger partial charge in [-0.05, 0) is 24.1 Å². The molecule has 0 atom stereocenters. The van der Waals surface area contributed by atoms with Crippen LogP contribution in [0.15, 0.2) is 18.2 Å². The number of methoxy groups -OCH3 is 1. The van der Waals surface area contributed by atoms with Gasteiger partial charge in [-0.1, -0.05) is 19.4 Å². The van der Waals surface area contributed by atoms with Crippen LogP contribution in [0.4, 0.5) is 0 Å². The van der Waals surface area contributed by atoms with Gasteiger partial charge in [-0.2, -0.15) is 0 Å². The number of ether oxygens (including phenoxy) is 2. The number of aliphatic carboxylic acids is 1. The molecule has 0 radical (unpaired) electrons. The van der Waals surface area contributed by atoms with E-state index in [2.05, 4.69) is 6.92 Å². The first-order chi connectivity index (χ1) is 9.08. The van der Waals surface area contributed by atoms with E-state index in [9.17, 15) is 9.59 Å². The Bertz CT molecular complexity index is 453. The maximum absolute atomic E-state index is 11.2. The summed E-state index contributed by atoms with van der Waals surface area (Å²) in [6, 6.07) is 4.98. The second-order valence-electron chi connectivity index (χ2n) is 4.09. The third-order valence-electron chi connectivity index (χ3n) is 2.59. The predicted octanol–water partition coefficient (Wildman–Crippen LogP) is 2.07. The van der Waals surface area contributed by atoms with E-state index in [1.54, 1.807) is 18.2 Å². The Morgan fingerprint density at radius 3 is 2.58 bits per heavy atom. The maximum Gasteiger partial charge on any atom is 0.372 e. The van der Waals surface area contributed by atoms with Crippen molar-refractivity contribution in [2.24, 2.45) is 0 Å². The molecule has 0 amide bonds. The fourth-order valence-corrected chi connectivity index (χ4v) is 1.53. The van der Waals surface area contributed by atoms with Crippen LogP contribution in [0.25, 0.3) is 0 Å². The van der Waals surface area contributed by atoms with E-state index in [0.717, 1.165) is 12.8 Å². The molecule has 1 rings (SSSR count). The standard InChI is InChI=1S/C14H18O5/c1-3-4-7-19-13-9-10(5-6-12(13)18-2)8-11(15)14(16)17/h5-6,9H,3-4,7-8H2,1-2H3,(H,16,17). The minimum atomic E-state index is -1.43. The van der Waals surface area contributed by atoms with Crippen LogP contribution in [-0.2, 0) is 16.0 Å². The van der Waals surface area contributed by atoms with E-state index >= 15 is 0 Å². The molecule has 0 saturated carbocycles. The van der Waals surface area contributed by atoms with E-state index in [-0.39, 0.29) is 6.42 Å². The Morgan fingerprint density at radius 1 is 1.26 bits per heavy atom. The Morgan fingerprint density at radius 2 is 2.00 bits per heavy atom. The number of Topliss-reactive ketones (excluding diaryl/α,β-unsaturated/α-hetero) is 1. The monoisotopic (exact) mass is 266 g/mol. The lowest BCUT2D eigenvalue weighted by Gasteiger charge is -2.11. The molecule has 19 heavy (non-hydrogen) atoms. The first-order valence-electron chi connectivity index (χ1n) is 6.14. The van der Waals surface area contributed by atoms with E-state index in [4.69, 9.17) is 14.6 Å². The highest BCUT2D eigenvalue weighted by molar-refractivity contribution is 6.33. The van der Waals surface area contributed by atoms with Crippen molar-refractivity contribution in [3.05, 3.63) is 23.8 Å². The van der Waals surface area contributed by atoms with Crippen molar-refractivity contribution in [3.63, 3.8) is 0 Å². The minimum absolute atomic E-state index is 0.149. The lowest BCUT2D eigenvalue weighted by molar-refractivity contribution is -0.148. The van der Waals surface area contributed by atoms with Crippen LogP contribution >= 0.6 is 0 Å². The number of ketones is 1. The zero-order chi connectivity index (χ0) is 14.3. The summed E-state index contributed by atoms with van der Waals surface area (Å²) in [7, 11) is 1.53. The van der Waals surface area contributed by atoms with Gasteiger partial charge in [0.2, 0.25) is 5.78 Å². The Labute approximate surface area is 112 Å². The third kappa shape index (κ3) is 4.62. The van der Waals surface area contributed by atoms with Crippen molar-refractivity contribution in [2.75, 3.05) is 13.7 Å². The smallest absolute Gasteiger partial charge is 0.372 e. The summed E-state index contributed by atoms with van der Waals surface area (Å²) >= 11 is 0. The van der Waals surface area contributed by atoms with Gasteiger partial charge in [0.1, 0.15) is 0 Å². The number of rotatable bonds is 8. The predicted molar refractivity (Wildman–Crippen MR) is 69.7 cm³/mol. The second kappa shape index (κ2) is 7.41. The number of carboxylic acid groups (broad SMARTS) is 1. The fraction of sp³-hybridized carbons (Fsp3) is 0.429. The normalized spacial score (nSPS) is 10.0. The maximum atomic E-state index is 11.2. The molecule has 0 aromatic heterocycles. The molecule has 1 N–H and O–H groups in total. The van der Waals surface area contributed by atoms with Crippen molar-refractivity contribution in [1.29, 1.82) is 0 Å². The number of carboxylic acids is 1. The van der Waals surface area contributed by atoms with Crippen molar-refractivity contribution >= 4 is 11.8 Å². The van der Waals surface area contributed by atoms with Crippen LogP contribution < -0.4 is 9.47 Å². The van der Waals surface area contributed by atoms with E-state index in [1.165, 1.54) is 7.11 Å². The van der Waals surface area contributed by atoms with Gasteiger partial charge in [0.15, 0.2) is 11.5 Å². The largest absolute Gasteiger partial charge is 0.493 e. The molecule has 0 fully saturated rings. The van der Waals surface area contributed by atoms with Gasteiger partial charge in [-0.25, -0.2) is 4.79 Å². The molecule has 0 aliphatic carbocycles. The number of benzene rings is 1. The highest BCUT2D eigenvalue weighted by Crippen LogP contribution is 2.28. The van der Waals surface area contributed by atoms with Crippen molar-refractivity contribution < 1.29 is 24.2 Å². The lowest BCUT2D eigenvalue weighted by atomic mass is 10.1. The summed E-state index contributed by atoms with van der Waals surface area (Å²) < 4.78 is 10.7. The fourth-order valence-electron chi connectivity index (χ4n) is 1.53. The van der Waals surface area contributed by atoms with Crippen LogP contribution in [0.5, 0.6) is 11.5 Å². The van der Waals surface area contributed by atoms with Crippen molar-refractivity contribution in [1.82, 2.24) is 0 Å². The van der Waals surface area contributed by atoms with Gasteiger partial charge in [-0.15, -0.1) is 0 Å². The SMILES string of the molecule is CCCCOc1cc(CC(=O)C(=O)O)ccc1OC. The van der Waals surface area contributed by atoms with E-state index in [1.807, 2.05) is 0 Å². The number of hydrogen-bond donors (Lipinski definition) is 1. The zero-order valence-electron chi connectivity index (χ0n) is 11.1. The highest BCUT2D eigenvalue weighted by atomic mass is 16.5. The molecule has 5 nitrogen and oxygen atoms in total. The topological polar surface area (TPSA) is 72.8 Å². The molecular weight excluding hydrogens is 248 g/mol. The average molecular weight is 266 g/mol. The summed E-state index contributed by atoms with van der Waals surface area (Å²) in [4.78, 5) is 21.7.